The normalized spacial score (nSPS) is 10.7. The number of rotatable bonds is 5. The molecule has 8 heteroatoms. The number of ether oxygens (including phenoxy) is 1. The SMILES string of the molecule is CC(=O)NC(=S)Nc1ccc(NC(=O)C(C)(C)Oc2ccc(Cl)cc2)cc1. The van der Waals surface area contributed by atoms with Crippen LogP contribution in [0.2, 0.25) is 5.02 Å². The average Bonchev–Trinajstić information content (AvgIpc) is 2.57. The first-order valence-corrected chi connectivity index (χ1v) is 8.89. The molecule has 0 radical (unpaired) electrons. The van der Waals surface area contributed by atoms with E-state index in [1.54, 1.807) is 62.4 Å². The second-order valence-electron chi connectivity index (χ2n) is 6.23. The Morgan fingerprint density at radius 2 is 1.48 bits per heavy atom. The van der Waals surface area contributed by atoms with Gasteiger partial charge < -0.3 is 20.7 Å². The zero-order valence-electron chi connectivity index (χ0n) is 15.1. The molecule has 0 atom stereocenters. The molecule has 142 valence electrons. The van der Waals surface area contributed by atoms with Gasteiger partial charge in [0.1, 0.15) is 5.75 Å². The van der Waals surface area contributed by atoms with Crippen molar-refractivity contribution in [3.8, 4) is 5.75 Å². The van der Waals surface area contributed by atoms with E-state index in [4.69, 9.17) is 28.6 Å². The molecule has 2 aromatic carbocycles. The van der Waals surface area contributed by atoms with Crippen LogP contribution in [0.1, 0.15) is 20.8 Å². The highest BCUT2D eigenvalue weighted by molar-refractivity contribution is 7.80. The largest absolute Gasteiger partial charge is 0.478 e. The van der Waals surface area contributed by atoms with Crippen LogP contribution in [0.25, 0.3) is 0 Å². The van der Waals surface area contributed by atoms with E-state index in [0.717, 1.165) is 0 Å². The first-order valence-electron chi connectivity index (χ1n) is 8.10. The molecular weight excluding hydrogens is 386 g/mol. The fraction of sp³-hybridized carbons (Fsp3) is 0.211. The summed E-state index contributed by atoms with van der Waals surface area (Å²) in [5.74, 6) is -0.00295. The molecule has 0 aliphatic carbocycles. The van der Waals surface area contributed by atoms with Gasteiger partial charge in [0.15, 0.2) is 10.7 Å². The fourth-order valence-corrected chi connectivity index (χ4v) is 2.47. The highest BCUT2D eigenvalue weighted by Gasteiger charge is 2.30. The predicted octanol–water partition coefficient (Wildman–Crippen LogP) is 3.97. The first kappa shape index (κ1) is 20.7. The minimum Gasteiger partial charge on any atom is -0.478 e. The molecule has 2 aromatic rings. The molecule has 0 aliphatic rings. The molecule has 6 nitrogen and oxygen atoms in total. The Morgan fingerprint density at radius 1 is 0.963 bits per heavy atom. The summed E-state index contributed by atoms with van der Waals surface area (Å²) in [6.45, 7) is 4.73. The Hall–Kier alpha value is -2.64. The van der Waals surface area contributed by atoms with Crippen molar-refractivity contribution < 1.29 is 14.3 Å². The van der Waals surface area contributed by atoms with Crippen molar-refractivity contribution in [3.63, 3.8) is 0 Å². The van der Waals surface area contributed by atoms with Gasteiger partial charge in [0.2, 0.25) is 5.91 Å². The molecular formula is C19H20ClN3O3S. The minimum absolute atomic E-state index is 0.205. The van der Waals surface area contributed by atoms with E-state index in [0.29, 0.717) is 22.1 Å². The summed E-state index contributed by atoms with van der Waals surface area (Å²) >= 11 is 10.8. The van der Waals surface area contributed by atoms with Gasteiger partial charge in [-0.1, -0.05) is 11.6 Å². The smallest absolute Gasteiger partial charge is 0.267 e. The third-order valence-corrected chi connectivity index (χ3v) is 3.88. The number of amides is 2. The van der Waals surface area contributed by atoms with Gasteiger partial charge in [-0.2, -0.15) is 0 Å². The molecule has 0 aromatic heterocycles. The summed E-state index contributed by atoms with van der Waals surface area (Å²) in [5, 5.41) is 8.95. The van der Waals surface area contributed by atoms with Crippen LogP contribution < -0.4 is 20.7 Å². The minimum atomic E-state index is -1.09. The number of thiocarbonyl (C=S) groups is 1. The second-order valence-corrected chi connectivity index (χ2v) is 7.08. The van der Waals surface area contributed by atoms with Crippen LogP contribution in [-0.4, -0.2) is 22.5 Å². The number of halogens is 1. The van der Waals surface area contributed by atoms with E-state index in [9.17, 15) is 9.59 Å². The van der Waals surface area contributed by atoms with Crippen molar-refractivity contribution in [3.05, 3.63) is 53.6 Å². The van der Waals surface area contributed by atoms with E-state index < -0.39 is 5.60 Å². The van der Waals surface area contributed by atoms with Crippen LogP contribution >= 0.6 is 23.8 Å². The summed E-state index contributed by atoms with van der Waals surface area (Å²) < 4.78 is 5.76. The lowest BCUT2D eigenvalue weighted by Gasteiger charge is -2.25. The number of benzene rings is 2. The summed E-state index contributed by atoms with van der Waals surface area (Å²) in [6, 6.07) is 13.7. The van der Waals surface area contributed by atoms with Crippen LogP contribution in [0, 0.1) is 0 Å². The van der Waals surface area contributed by atoms with Crippen molar-refractivity contribution in [1.82, 2.24) is 5.32 Å². The standard InChI is InChI=1S/C19H20ClN3O3S/c1-12(24)21-18(27)23-15-8-6-14(7-9-15)22-17(25)19(2,3)26-16-10-4-13(20)5-11-16/h4-11H,1-3H3,(H,22,25)(H2,21,23,24,27). The van der Waals surface area contributed by atoms with Gasteiger partial charge in [-0.15, -0.1) is 0 Å². The van der Waals surface area contributed by atoms with Gasteiger partial charge in [-0.25, -0.2) is 0 Å². The molecule has 0 saturated carbocycles. The van der Waals surface area contributed by atoms with Crippen LogP contribution in [-0.2, 0) is 9.59 Å². The molecule has 2 rings (SSSR count). The van der Waals surface area contributed by atoms with E-state index in [2.05, 4.69) is 16.0 Å². The molecule has 0 fully saturated rings. The number of hydrogen-bond acceptors (Lipinski definition) is 4. The lowest BCUT2D eigenvalue weighted by Crippen LogP contribution is -2.42. The zero-order valence-corrected chi connectivity index (χ0v) is 16.7. The lowest BCUT2D eigenvalue weighted by molar-refractivity contribution is -0.128. The highest BCUT2D eigenvalue weighted by Crippen LogP contribution is 2.22. The number of carbonyl (C=O) groups excluding carboxylic acids is 2. The monoisotopic (exact) mass is 405 g/mol. The molecule has 0 spiro atoms. The Bertz CT molecular complexity index is 836. The molecule has 0 bridgehead atoms. The number of anilines is 2. The zero-order chi connectivity index (χ0) is 20.0. The van der Waals surface area contributed by atoms with Gasteiger partial charge in [0.05, 0.1) is 0 Å². The van der Waals surface area contributed by atoms with Crippen LogP contribution in [0.5, 0.6) is 5.75 Å². The Labute approximate surface area is 168 Å². The van der Waals surface area contributed by atoms with E-state index >= 15 is 0 Å². The Morgan fingerprint density at radius 3 is 2.00 bits per heavy atom. The van der Waals surface area contributed by atoms with Gasteiger partial charge >= 0.3 is 0 Å². The summed E-state index contributed by atoms with van der Waals surface area (Å²) in [7, 11) is 0. The summed E-state index contributed by atoms with van der Waals surface area (Å²) in [4.78, 5) is 23.5. The Balaban J connectivity index is 1.96. The third-order valence-electron chi connectivity index (χ3n) is 3.42. The van der Waals surface area contributed by atoms with Gasteiger partial charge in [-0.05, 0) is 74.6 Å². The molecule has 27 heavy (non-hydrogen) atoms. The van der Waals surface area contributed by atoms with Crippen LogP contribution in [0.15, 0.2) is 48.5 Å². The van der Waals surface area contributed by atoms with Crippen molar-refractivity contribution in [1.29, 1.82) is 0 Å². The van der Waals surface area contributed by atoms with Crippen LogP contribution in [0.3, 0.4) is 0 Å². The molecule has 2 amide bonds. The third kappa shape index (κ3) is 6.54. The number of hydrogen-bond donors (Lipinski definition) is 3. The average molecular weight is 406 g/mol. The lowest BCUT2D eigenvalue weighted by atomic mass is 10.1. The topological polar surface area (TPSA) is 79.5 Å². The van der Waals surface area contributed by atoms with E-state index in [-0.39, 0.29) is 16.9 Å². The maximum absolute atomic E-state index is 12.5. The molecule has 0 aliphatic heterocycles. The van der Waals surface area contributed by atoms with E-state index in [1.807, 2.05) is 0 Å². The maximum atomic E-state index is 12.5. The van der Waals surface area contributed by atoms with Crippen LogP contribution in [0.4, 0.5) is 11.4 Å². The van der Waals surface area contributed by atoms with Gasteiger partial charge in [0, 0.05) is 23.3 Å². The summed E-state index contributed by atoms with van der Waals surface area (Å²) in [5.41, 5.74) is 0.199. The molecule has 0 saturated heterocycles. The van der Waals surface area contributed by atoms with Crippen molar-refractivity contribution >= 4 is 52.1 Å². The maximum Gasteiger partial charge on any atom is 0.267 e. The quantitative estimate of drug-likeness (QED) is 0.656. The highest BCUT2D eigenvalue weighted by atomic mass is 35.5. The summed E-state index contributed by atoms with van der Waals surface area (Å²) in [6.07, 6.45) is 0. The number of nitrogens with one attached hydrogen (secondary N) is 3. The Kier molecular flexibility index (Phi) is 6.76. The number of carbonyl (C=O) groups is 2. The van der Waals surface area contributed by atoms with Gasteiger partial charge in [-0.3, -0.25) is 9.59 Å². The molecule has 0 heterocycles. The van der Waals surface area contributed by atoms with Crippen molar-refractivity contribution in [2.75, 3.05) is 10.6 Å². The first-order chi connectivity index (χ1) is 12.7. The van der Waals surface area contributed by atoms with Crippen molar-refractivity contribution in [2.45, 2.75) is 26.4 Å². The van der Waals surface area contributed by atoms with Crippen molar-refractivity contribution in [2.24, 2.45) is 0 Å². The van der Waals surface area contributed by atoms with E-state index in [1.165, 1.54) is 6.92 Å². The van der Waals surface area contributed by atoms with Gasteiger partial charge in [0.25, 0.3) is 5.91 Å². The molecule has 3 N–H and O–H groups in total. The second kappa shape index (κ2) is 8.83. The predicted molar refractivity (Wildman–Crippen MR) is 111 cm³/mol. The fourth-order valence-electron chi connectivity index (χ4n) is 2.08. The molecule has 0 unspecified atom stereocenters.